The summed E-state index contributed by atoms with van der Waals surface area (Å²) in [7, 11) is 1.92. The summed E-state index contributed by atoms with van der Waals surface area (Å²) in [6.07, 6.45) is 2.64. The molecule has 0 saturated carbocycles. The molecule has 0 bridgehead atoms. The lowest BCUT2D eigenvalue weighted by Gasteiger charge is -1.98. The minimum absolute atomic E-state index is 0.665. The number of hydrogen-bond donors (Lipinski definition) is 0. The Morgan fingerprint density at radius 1 is 1.69 bits per heavy atom. The molecule has 4 nitrogen and oxygen atoms in total. The predicted octanol–water partition coefficient (Wildman–Crippen LogP) is 1.73. The Balaban J connectivity index is 3.11. The maximum atomic E-state index is 4.30. The fourth-order valence-corrected chi connectivity index (χ4v) is 1.05. The van der Waals surface area contributed by atoms with Gasteiger partial charge in [0.1, 0.15) is 5.84 Å². The highest BCUT2D eigenvalue weighted by atomic mass is 15.1. The summed E-state index contributed by atoms with van der Waals surface area (Å²) >= 11 is 0. The van der Waals surface area contributed by atoms with E-state index >= 15 is 0 Å². The third kappa shape index (κ3) is 2.02. The van der Waals surface area contributed by atoms with E-state index in [2.05, 4.69) is 28.6 Å². The Morgan fingerprint density at radius 3 is 2.92 bits per heavy atom. The van der Waals surface area contributed by atoms with Gasteiger partial charge in [-0.3, -0.25) is 0 Å². The molecule has 0 fully saturated rings. The van der Waals surface area contributed by atoms with Crippen molar-refractivity contribution in [2.75, 3.05) is 0 Å². The Hall–Kier alpha value is -1.45. The van der Waals surface area contributed by atoms with Gasteiger partial charge >= 0.3 is 0 Å². The maximum Gasteiger partial charge on any atom is 0.157 e. The topological polar surface area (TPSA) is 42.5 Å². The van der Waals surface area contributed by atoms with Gasteiger partial charge in [-0.05, 0) is 20.1 Å². The molecule has 1 aromatic rings. The molecule has 0 unspecified atom stereocenters. The van der Waals surface area contributed by atoms with E-state index in [-0.39, 0.29) is 0 Å². The first-order chi connectivity index (χ1) is 6.19. The Morgan fingerprint density at radius 2 is 2.38 bits per heavy atom. The maximum absolute atomic E-state index is 4.30. The van der Waals surface area contributed by atoms with E-state index in [4.69, 9.17) is 0 Å². The highest BCUT2D eigenvalue weighted by molar-refractivity contribution is 5.85. The van der Waals surface area contributed by atoms with Crippen molar-refractivity contribution in [3.63, 3.8) is 0 Å². The molecular formula is C9H14N4. The first kappa shape index (κ1) is 9.64. The van der Waals surface area contributed by atoms with Crippen LogP contribution in [0.4, 0.5) is 5.82 Å². The van der Waals surface area contributed by atoms with Crippen LogP contribution in [-0.4, -0.2) is 22.1 Å². The minimum Gasteiger partial charge on any atom is -0.319 e. The zero-order valence-electron chi connectivity index (χ0n) is 8.28. The molecule has 70 valence electrons. The number of aliphatic imine (C=N–C) groups is 2. The SMILES string of the molecule is C=N/C(C)=N\c1c(CC)ncn1C. The standard InChI is InChI=1S/C9H14N4/c1-5-8-9(12-7(2)10-3)13(4)6-11-8/h6H,3,5H2,1-2,4H3/b12-7-. The van der Waals surface area contributed by atoms with Crippen molar-refractivity contribution in [1.29, 1.82) is 0 Å². The Labute approximate surface area is 78.1 Å². The van der Waals surface area contributed by atoms with Crippen LogP contribution in [0, 0.1) is 0 Å². The van der Waals surface area contributed by atoms with Gasteiger partial charge in [0.2, 0.25) is 0 Å². The Bertz CT molecular complexity index is 335. The quantitative estimate of drug-likeness (QED) is 0.502. The molecule has 0 amide bonds. The minimum atomic E-state index is 0.665. The summed E-state index contributed by atoms with van der Waals surface area (Å²) in [6.45, 7) is 7.29. The summed E-state index contributed by atoms with van der Waals surface area (Å²) < 4.78 is 1.88. The summed E-state index contributed by atoms with van der Waals surface area (Å²) in [6, 6.07) is 0. The van der Waals surface area contributed by atoms with Crippen LogP contribution in [0.2, 0.25) is 0 Å². The highest BCUT2D eigenvalue weighted by Gasteiger charge is 2.04. The van der Waals surface area contributed by atoms with Gasteiger partial charge in [-0.25, -0.2) is 15.0 Å². The number of aromatic nitrogens is 2. The van der Waals surface area contributed by atoms with Crippen LogP contribution >= 0.6 is 0 Å². The van der Waals surface area contributed by atoms with Gasteiger partial charge in [0, 0.05) is 7.05 Å². The smallest absolute Gasteiger partial charge is 0.157 e. The van der Waals surface area contributed by atoms with Crippen LogP contribution in [-0.2, 0) is 13.5 Å². The van der Waals surface area contributed by atoms with Crippen LogP contribution < -0.4 is 0 Å². The molecule has 0 aliphatic carbocycles. The first-order valence-electron chi connectivity index (χ1n) is 4.21. The molecule has 1 aromatic heterocycles. The average molecular weight is 178 g/mol. The van der Waals surface area contributed by atoms with E-state index in [0.717, 1.165) is 17.9 Å². The summed E-state index contributed by atoms with van der Waals surface area (Å²) in [5, 5.41) is 0. The summed E-state index contributed by atoms with van der Waals surface area (Å²) in [5.74, 6) is 1.53. The van der Waals surface area contributed by atoms with E-state index in [1.54, 1.807) is 6.33 Å². The highest BCUT2D eigenvalue weighted by Crippen LogP contribution is 2.17. The normalized spacial score (nSPS) is 11.8. The van der Waals surface area contributed by atoms with Gasteiger partial charge in [0.25, 0.3) is 0 Å². The number of amidine groups is 1. The van der Waals surface area contributed by atoms with Crippen molar-refractivity contribution >= 4 is 18.4 Å². The summed E-state index contributed by atoms with van der Waals surface area (Å²) in [4.78, 5) is 12.2. The van der Waals surface area contributed by atoms with Gasteiger partial charge < -0.3 is 4.57 Å². The fourth-order valence-electron chi connectivity index (χ4n) is 1.05. The van der Waals surface area contributed by atoms with Crippen molar-refractivity contribution in [1.82, 2.24) is 9.55 Å². The van der Waals surface area contributed by atoms with Crippen LogP contribution in [0.15, 0.2) is 16.3 Å². The largest absolute Gasteiger partial charge is 0.319 e. The number of nitrogens with zero attached hydrogens (tertiary/aromatic N) is 4. The van der Waals surface area contributed by atoms with Gasteiger partial charge in [0.05, 0.1) is 12.0 Å². The van der Waals surface area contributed by atoms with E-state index in [1.807, 2.05) is 18.5 Å². The molecule has 4 heteroatoms. The van der Waals surface area contributed by atoms with Crippen molar-refractivity contribution in [2.24, 2.45) is 17.0 Å². The third-order valence-electron chi connectivity index (χ3n) is 1.81. The number of imidazole rings is 1. The predicted molar refractivity (Wildman–Crippen MR) is 54.9 cm³/mol. The second-order valence-corrected chi connectivity index (χ2v) is 2.80. The van der Waals surface area contributed by atoms with Gasteiger partial charge in [0.15, 0.2) is 5.82 Å². The molecule has 0 aliphatic rings. The van der Waals surface area contributed by atoms with Crippen LogP contribution in [0.1, 0.15) is 19.5 Å². The molecule has 13 heavy (non-hydrogen) atoms. The molecule has 0 N–H and O–H groups in total. The molecule has 1 rings (SSSR count). The van der Waals surface area contributed by atoms with Crippen molar-refractivity contribution in [3.8, 4) is 0 Å². The average Bonchev–Trinajstić information content (AvgIpc) is 2.48. The van der Waals surface area contributed by atoms with Gasteiger partial charge in [-0.1, -0.05) is 6.92 Å². The molecule has 0 aliphatic heterocycles. The van der Waals surface area contributed by atoms with E-state index < -0.39 is 0 Å². The fraction of sp³-hybridized carbons (Fsp3) is 0.444. The molecule has 1 heterocycles. The first-order valence-corrected chi connectivity index (χ1v) is 4.21. The molecule has 0 radical (unpaired) electrons. The second kappa shape index (κ2) is 3.98. The van der Waals surface area contributed by atoms with E-state index in [9.17, 15) is 0 Å². The van der Waals surface area contributed by atoms with Crippen molar-refractivity contribution < 1.29 is 0 Å². The molecule has 0 spiro atoms. The monoisotopic (exact) mass is 178 g/mol. The molecule has 0 atom stereocenters. The lowest BCUT2D eigenvalue weighted by Crippen LogP contribution is -1.90. The number of aryl methyl sites for hydroxylation is 2. The van der Waals surface area contributed by atoms with Crippen molar-refractivity contribution in [2.45, 2.75) is 20.3 Å². The molecular weight excluding hydrogens is 164 g/mol. The van der Waals surface area contributed by atoms with Crippen LogP contribution in [0.5, 0.6) is 0 Å². The summed E-state index contributed by atoms with van der Waals surface area (Å²) in [5.41, 5.74) is 0.991. The Kier molecular flexibility index (Phi) is 2.95. The molecule has 0 saturated heterocycles. The second-order valence-electron chi connectivity index (χ2n) is 2.80. The van der Waals surface area contributed by atoms with Crippen LogP contribution in [0.3, 0.4) is 0 Å². The number of rotatable bonds is 2. The zero-order chi connectivity index (χ0) is 9.84. The third-order valence-corrected chi connectivity index (χ3v) is 1.81. The van der Waals surface area contributed by atoms with Crippen molar-refractivity contribution in [3.05, 3.63) is 12.0 Å². The van der Waals surface area contributed by atoms with E-state index in [0.29, 0.717) is 5.84 Å². The van der Waals surface area contributed by atoms with E-state index in [1.165, 1.54) is 0 Å². The van der Waals surface area contributed by atoms with Gasteiger partial charge in [-0.15, -0.1) is 0 Å². The van der Waals surface area contributed by atoms with Crippen LogP contribution in [0.25, 0.3) is 0 Å². The lowest BCUT2D eigenvalue weighted by molar-refractivity contribution is 0.909. The van der Waals surface area contributed by atoms with Gasteiger partial charge in [-0.2, -0.15) is 0 Å². The zero-order valence-corrected chi connectivity index (χ0v) is 8.28. The lowest BCUT2D eigenvalue weighted by atomic mass is 10.3. The molecule has 0 aromatic carbocycles. The number of hydrogen-bond acceptors (Lipinski definition) is 2.